The molecule has 2 aromatic heterocycles. The van der Waals surface area contributed by atoms with E-state index in [1.54, 1.807) is 0 Å². The number of halogens is 1. The summed E-state index contributed by atoms with van der Waals surface area (Å²) in [5.41, 5.74) is 1.35. The van der Waals surface area contributed by atoms with Crippen molar-refractivity contribution in [3.63, 3.8) is 0 Å². The van der Waals surface area contributed by atoms with Gasteiger partial charge in [-0.15, -0.1) is 11.8 Å². The number of thioether (sulfide) groups is 1. The molecule has 0 aliphatic rings. The predicted octanol–water partition coefficient (Wildman–Crippen LogP) is 5.82. The number of hydrogen-bond acceptors (Lipinski definition) is 3. The third-order valence-electron chi connectivity index (χ3n) is 3.45. The standard InChI is InChI=1S/C13H16N2S.C6H9IN2/c1-11(2)15-9-13(8-14-15)16-10-12-6-4-3-5-7-12;1-5(2)9-4-6(7)3-8-9/h3-9,11H,10H2,1-2H3;3-5H,1-2H3. The molecule has 25 heavy (non-hydrogen) atoms. The Morgan fingerprint density at radius 2 is 1.52 bits per heavy atom. The molecule has 0 saturated carbocycles. The first-order valence-electron chi connectivity index (χ1n) is 8.36. The number of aromatic nitrogens is 4. The van der Waals surface area contributed by atoms with Crippen LogP contribution in [-0.2, 0) is 5.75 Å². The fourth-order valence-electron chi connectivity index (χ4n) is 2.02. The predicted molar refractivity (Wildman–Crippen MR) is 114 cm³/mol. The van der Waals surface area contributed by atoms with Gasteiger partial charge in [-0.05, 0) is 55.8 Å². The van der Waals surface area contributed by atoms with E-state index < -0.39 is 0 Å². The first kappa shape index (κ1) is 20.0. The molecule has 4 nitrogen and oxygen atoms in total. The van der Waals surface area contributed by atoms with Crippen LogP contribution < -0.4 is 0 Å². The van der Waals surface area contributed by atoms with Crippen molar-refractivity contribution in [2.24, 2.45) is 0 Å². The summed E-state index contributed by atoms with van der Waals surface area (Å²) < 4.78 is 5.14. The summed E-state index contributed by atoms with van der Waals surface area (Å²) in [5.74, 6) is 1.00. The van der Waals surface area contributed by atoms with E-state index >= 15 is 0 Å². The topological polar surface area (TPSA) is 35.6 Å². The van der Waals surface area contributed by atoms with Crippen LogP contribution in [-0.4, -0.2) is 19.6 Å². The molecule has 1 aromatic carbocycles. The summed E-state index contributed by atoms with van der Waals surface area (Å²) in [6.07, 6.45) is 7.94. The fraction of sp³-hybridized carbons (Fsp3) is 0.368. The zero-order valence-corrected chi connectivity index (χ0v) is 18.1. The second-order valence-corrected chi connectivity index (χ2v) is 8.55. The third kappa shape index (κ3) is 6.86. The van der Waals surface area contributed by atoms with Crippen molar-refractivity contribution in [1.82, 2.24) is 19.6 Å². The molecule has 0 N–H and O–H groups in total. The van der Waals surface area contributed by atoms with E-state index in [2.05, 4.69) is 90.9 Å². The van der Waals surface area contributed by atoms with Crippen LogP contribution in [0.2, 0.25) is 0 Å². The minimum atomic E-state index is 0.436. The molecule has 134 valence electrons. The van der Waals surface area contributed by atoms with Crippen LogP contribution in [0.1, 0.15) is 45.3 Å². The maximum absolute atomic E-state index is 4.32. The highest BCUT2D eigenvalue weighted by molar-refractivity contribution is 14.1. The van der Waals surface area contributed by atoms with Crippen molar-refractivity contribution < 1.29 is 0 Å². The van der Waals surface area contributed by atoms with Gasteiger partial charge in [0.1, 0.15) is 0 Å². The second-order valence-electron chi connectivity index (χ2n) is 6.26. The Bertz CT molecular complexity index is 750. The fourth-order valence-corrected chi connectivity index (χ4v) is 3.26. The highest BCUT2D eigenvalue weighted by Crippen LogP contribution is 2.22. The summed E-state index contributed by atoms with van der Waals surface area (Å²) in [5, 5.41) is 8.45. The van der Waals surface area contributed by atoms with Gasteiger partial charge in [-0.2, -0.15) is 10.2 Å². The lowest BCUT2D eigenvalue weighted by molar-refractivity contribution is 0.531. The number of benzene rings is 1. The summed E-state index contributed by atoms with van der Waals surface area (Å²) in [6.45, 7) is 8.50. The van der Waals surface area contributed by atoms with Crippen molar-refractivity contribution in [3.8, 4) is 0 Å². The van der Waals surface area contributed by atoms with E-state index in [1.807, 2.05) is 45.8 Å². The first-order chi connectivity index (χ1) is 12.0. The SMILES string of the molecule is CC(C)n1cc(I)cn1.CC(C)n1cc(SCc2ccccc2)cn1. The number of nitrogens with zero attached hydrogens (tertiary/aromatic N) is 4. The third-order valence-corrected chi connectivity index (χ3v) is 5.03. The van der Waals surface area contributed by atoms with Gasteiger partial charge in [-0.25, -0.2) is 0 Å². The lowest BCUT2D eigenvalue weighted by Gasteiger charge is -2.03. The molecule has 3 rings (SSSR count). The lowest BCUT2D eigenvalue weighted by Crippen LogP contribution is -1.99. The van der Waals surface area contributed by atoms with E-state index in [4.69, 9.17) is 0 Å². The van der Waals surface area contributed by atoms with Gasteiger partial charge in [-0.3, -0.25) is 9.36 Å². The Labute approximate surface area is 168 Å². The van der Waals surface area contributed by atoms with Gasteiger partial charge < -0.3 is 0 Å². The molecule has 0 amide bonds. The summed E-state index contributed by atoms with van der Waals surface area (Å²) >= 11 is 4.08. The minimum absolute atomic E-state index is 0.436. The maximum Gasteiger partial charge on any atom is 0.0626 e. The van der Waals surface area contributed by atoms with Gasteiger partial charge in [0.2, 0.25) is 0 Å². The van der Waals surface area contributed by atoms with E-state index in [-0.39, 0.29) is 0 Å². The number of rotatable bonds is 5. The largest absolute Gasteiger partial charge is 0.269 e. The Kier molecular flexibility index (Phi) is 8.02. The molecule has 3 aromatic rings. The van der Waals surface area contributed by atoms with Crippen LogP contribution in [0.4, 0.5) is 0 Å². The lowest BCUT2D eigenvalue weighted by atomic mass is 10.2. The van der Waals surface area contributed by atoms with Gasteiger partial charge in [0.15, 0.2) is 0 Å². The maximum atomic E-state index is 4.32. The molecule has 0 fully saturated rings. The van der Waals surface area contributed by atoms with Crippen molar-refractivity contribution in [3.05, 3.63) is 64.3 Å². The van der Waals surface area contributed by atoms with Crippen molar-refractivity contribution in [2.75, 3.05) is 0 Å². The van der Waals surface area contributed by atoms with Crippen LogP contribution in [0.3, 0.4) is 0 Å². The molecule has 0 unspecified atom stereocenters. The molecule has 0 aliphatic carbocycles. The summed E-state index contributed by atoms with van der Waals surface area (Å²) in [6, 6.07) is 11.4. The van der Waals surface area contributed by atoms with Gasteiger partial charge in [0.05, 0.1) is 16.0 Å². The van der Waals surface area contributed by atoms with Crippen LogP contribution in [0, 0.1) is 3.57 Å². The van der Waals surface area contributed by atoms with Crippen LogP contribution in [0.15, 0.2) is 60.0 Å². The van der Waals surface area contributed by atoms with E-state index in [1.165, 1.54) is 14.0 Å². The molecule has 0 saturated heterocycles. The van der Waals surface area contributed by atoms with Crippen LogP contribution >= 0.6 is 34.4 Å². The second kappa shape index (κ2) is 10.0. The average Bonchev–Trinajstić information content (AvgIpc) is 3.23. The molecule has 6 heteroatoms. The molecule has 0 aliphatic heterocycles. The zero-order chi connectivity index (χ0) is 18.2. The zero-order valence-electron chi connectivity index (χ0n) is 15.1. The first-order valence-corrected chi connectivity index (χ1v) is 10.4. The van der Waals surface area contributed by atoms with E-state index in [0.717, 1.165) is 5.75 Å². The highest BCUT2D eigenvalue weighted by atomic mass is 127. The van der Waals surface area contributed by atoms with Crippen molar-refractivity contribution in [1.29, 1.82) is 0 Å². The van der Waals surface area contributed by atoms with Crippen LogP contribution in [0.25, 0.3) is 0 Å². The Hall–Kier alpha value is -1.28. The molecule has 0 radical (unpaired) electrons. The highest BCUT2D eigenvalue weighted by Gasteiger charge is 2.02. The van der Waals surface area contributed by atoms with Crippen molar-refractivity contribution >= 4 is 34.4 Å². The van der Waals surface area contributed by atoms with Crippen molar-refractivity contribution in [2.45, 2.75) is 50.4 Å². The molecular weight excluding hydrogens is 443 g/mol. The smallest absolute Gasteiger partial charge is 0.0626 e. The average molecular weight is 468 g/mol. The normalized spacial score (nSPS) is 10.8. The quantitative estimate of drug-likeness (QED) is 0.350. The molecular formula is C19H25IN4S. The van der Waals surface area contributed by atoms with Gasteiger partial charge in [0, 0.05) is 35.1 Å². The molecule has 0 bridgehead atoms. The van der Waals surface area contributed by atoms with Gasteiger partial charge >= 0.3 is 0 Å². The van der Waals surface area contributed by atoms with Gasteiger partial charge in [-0.1, -0.05) is 30.3 Å². The molecule has 2 heterocycles. The Morgan fingerprint density at radius 3 is 2.00 bits per heavy atom. The van der Waals surface area contributed by atoms with E-state index in [0.29, 0.717) is 12.1 Å². The minimum Gasteiger partial charge on any atom is -0.269 e. The Balaban J connectivity index is 0.000000212. The Morgan fingerprint density at radius 1 is 0.920 bits per heavy atom. The number of hydrogen-bond donors (Lipinski definition) is 0. The molecule has 0 spiro atoms. The van der Waals surface area contributed by atoms with Gasteiger partial charge in [0.25, 0.3) is 0 Å². The summed E-state index contributed by atoms with van der Waals surface area (Å²) in [7, 11) is 0. The monoisotopic (exact) mass is 468 g/mol. The van der Waals surface area contributed by atoms with Crippen LogP contribution in [0.5, 0.6) is 0 Å². The molecule has 0 atom stereocenters. The summed E-state index contributed by atoms with van der Waals surface area (Å²) in [4.78, 5) is 1.23. The van der Waals surface area contributed by atoms with E-state index in [9.17, 15) is 0 Å².